The molecule has 6 nitrogen and oxygen atoms in total. The van der Waals surface area contributed by atoms with E-state index < -0.39 is 8.45 Å². The highest BCUT2D eigenvalue weighted by molar-refractivity contribution is 8.13. The summed E-state index contributed by atoms with van der Waals surface area (Å²) in [4.78, 5) is 11.8. The largest absolute Gasteiger partial charge is 0.352 e. The van der Waals surface area contributed by atoms with E-state index in [1.165, 1.54) is 11.8 Å². The maximum Gasteiger partial charge on any atom is 0.189 e. The van der Waals surface area contributed by atoms with Gasteiger partial charge in [-0.3, -0.25) is 4.79 Å². The van der Waals surface area contributed by atoms with Crippen LogP contribution in [-0.2, 0) is 18.8 Å². The van der Waals surface area contributed by atoms with Crippen LogP contribution in [-0.4, -0.2) is 70.5 Å². The van der Waals surface area contributed by atoms with Gasteiger partial charge < -0.3 is 14.0 Å². The molecule has 0 aromatic carbocycles. The highest BCUT2D eigenvalue weighted by Gasteiger charge is 2.34. The Morgan fingerprint density at radius 1 is 0.833 bits per heavy atom. The van der Waals surface area contributed by atoms with Crippen LogP contribution in [0.5, 0.6) is 0 Å². The van der Waals surface area contributed by atoms with Crippen LogP contribution in [0.25, 0.3) is 0 Å². The molecule has 0 aromatic rings. The number of carbonyl (C=O) groups is 1. The summed E-state index contributed by atoms with van der Waals surface area (Å²) in [6.45, 7) is 23.3. The van der Waals surface area contributed by atoms with Crippen LogP contribution in [0, 0.1) is 0 Å². The molecular weight excluding hydrogens is 419 g/mol. The van der Waals surface area contributed by atoms with E-state index in [0.717, 1.165) is 6.42 Å². The Balaban J connectivity index is 4.98. The Morgan fingerprint density at radius 3 is 1.73 bits per heavy atom. The molecule has 0 rings (SSSR count). The van der Waals surface area contributed by atoms with Gasteiger partial charge in [-0.05, 0) is 68.7 Å². The number of rotatable bonds is 17. The quantitative estimate of drug-likeness (QED) is 0.150. The number of nitrogens with zero attached hydrogens (tertiary/aromatic N) is 2. The average molecular weight is 467 g/mol. The van der Waals surface area contributed by atoms with Crippen molar-refractivity contribution in [2.24, 2.45) is 0 Å². The lowest BCUT2D eigenvalue weighted by atomic mass is 10.3. The molecule has 0 spiro atoms. The summed E-state index contributed by atoms with van der Waals surface area (Å²) in [5.74, 6) is 0.523. The average Bonchev–Trinajstić information content (AvgIpc) is 2.61. The van der Waals surface area contributed by atoms with Crippen molar-refractivity contribution in [3.8, 4) is 0 Å². The first-order valence-electron chi connectivity index (χ1n) is 11.4. The smallest absolute Gasteiger partial charge is 0.189 e. The summed E-state index contributed by atoms with van der Waals surface area (Å²) < 4.78 is 23.0. The van der Waals surface area contributed by atoms with Crippen molar-refractivity contribution in [2.45, 2.75) is 113 Å². The van der Waals surface area contributed by atoms with Crippen molar-refractivity contribution in [3.63, 3.8) is 0 Å². The number of carbonyl (C=O) groups excluding carboxylic acids is 1. The highest BCUT2D eigenvalue weighted by atomic mass is 32.2. The van der Waals surface area contributed by atoms with E-state index in [1.54, 1.807) is 0 Å². The second-order valence-corrected chi connectivity index (χ2v) is 11.2. The minimum absolute atomic E-state index is 0.194. The van der Waals surface area contributed by atoms with Gasteiger partial charge in [0.25, 0.3) is 0 Å². The first kappa shape index (κ1) is 30.2. The molecule has 0 aliphatic rings. The molecule has 0 heterocycles. The monoisotopic (exact) mass is 466 g/mol. The summed E-state index contributed by atoms with van der Waals surface area (Å²) in [6.07, 6.45) is 1.08. The molecular formula is C22H47N2O4PS. The standard InChI is InChI=1S/C22H47N2O4PS/c1-11-13-21(25)30-16-22(26-12-2)27-14-15-28-29(23(17(3)4)18(5)6)24(19(7)8)20(9)10/h17-20,22H,11-16H2,1-10H3. The molecule has 0 bridgehead atoms. The molecule has 1 atom stereocenters. The van der Waals surface area contributed by atoms with Crippen LogP contribution in [0.4, 0.5) is 0 Å². The minimum Gasteiger partial charge on any atom is -0.352 e. The van der Waals surface area contributed by atoms with E-state index in [9.17, 15) is 4.79 Å². The minimum atomic E-state index is -0.921. The van der Waals surface area contributed by atoms with Gasteiger partial charge in [-0.25, -0.2) is 9.34 Å². The molecule has 8 heteroatoms. The van der Waals surface area contributed by atoms with E-state index in [4.69, 9.17) is 14.0 Å². The third-order valence-electron chi connectivity index (χ3n) is 4.29. The molecule has 0 aliphatic heterocycles. The molecule has 0 saturated carbocycles. The Morgan fingerprint density at radius 2 is 1.33 bits per heavy atom. The molecule has 0 fully saturated rings. The maximum absolute atomic E-state index is 11.8. The highest BCUT2D eigenvalue weighted by Crippen LogP contribution is 2.50. The Hall–Kier alpha value is 0.250. The molecule has 0 saturated heterocycles. The zero-order valence-corrected chi connectivity index (χ0v) is 22.7. The van der Waals surface area contributed by atoms with Gasteiger partial charge in [0, 0.05) is 37.2 Å². The molecule has 0 amide bonds. The zero-order chi connectivity index (χ0) is 23.3. The van der Waals surface area contributed by atoms with Gasteiger partial charge in [-0.2, -0.15) is 0 Å². The summed E-state index contributed by atoms with van der Waals surface area (Å²) in [5, 5.41) is 0.194. The van der Waals surface area contributed by atoms with Crippen LogP contribution in [0.15, 0.2) is 0 Å². The molecule has 0 aromatic heterocycles. The fourth-order valence-corrected chi connectivity index (χ4v) is 6.49. The second kappa shape index (κ2) is 16.8. The fourth-order valence-electron chi connectivity index (χ4n) is 3.30. The van der Waals surface area contributed by atoms with E-state index in [0.29, 0.717) is 56.2 Å². The summed E-state index contributed by atoms with van der Waals surface area (Å²) in [6, 6.07) is 1.53. The van der Waals surface area contributed by atoms with Crippen molar-refractivity contribution >= 4 is 25.3 Å². The molecule has 0 aliphatic carbocycles. The Kier molecular flexibility index (Phi) is 17.0. The summed E-state index contributed by atoms with van der Waals surface area (Å²) in [7, 11) is -0.921. The topological polar surface area (TPSA) is 51.2 Å². The van der Waals surface area contributed by atoms with Crippen molar-refractivity contribution < 1.29 is 18.8 Å². The second-order valence-electron chi connectivity index (χ2n) is 8.41. The zero-order valence-electron chi connectivity index (χ0n) is 21.0. The predicted octanol–water partition coefficient (Wildman–Crippen LogP) is 5.91. The molecule has 180 valence electrons. The molecule has 0 N–H and O–H groups in total. The molecule has 30 heavy (non-hydrogen) atoms. The summed E-state index contributed by atoms with van der Waals surface area (Å²) >= 11 is 1.30. The predicted molar refractivity (Wildman–Crippen MR) is 131 cm³/mol. The maximum atomic E-state index is 11.8. The number of ether oxygens (including phenoxy) is 2. The first-order valence-corrected chi connectivity index (χ1v) is 13.6. The van der Waals surface area contributed by atoms with Gasteiger partial charge >= 0.3 is 0 Å². The van der Waals surface area contributed by atoms with Crippen LogP contribution >= 0.6 is 20.2 Å². The SMILES string of the molecule is CCCC(=O)SCC(OCC)OCCOP(N(C(C)C)C(C)C)N(C(C)C)C(C)C. The van der Waals surface area contributed by atoms with Crippen molar-refractivity contribution in [2.75, 3.05) is 25.6 Å². The van der Waals surface area contributed by atoms with Gasteiger partial charge in [-0.15, -0.1) is 0 Å². The lowest BCUT2D eigenvalue weighted by Gasteiger charge is -2.45. The number of hydrogen-bond donors (Lipinski definition) is 0. The van der Waals surface area contributed by atoms with Crippen LogP contribution in [0.3, 0.4) is 0 Å². The van der Waals surface area contributed by atoms with E-state index in [-0.39, 0.29) is 11.4 Å². The number of thioether (sulfide) groups is 1. The van der Waals surface area contributed by atoms with Crippen LogP contribution in [0.2, 0.25) is 0 Å². The van der Waals surface area contributed by atoms with E-state index in [1.807, 2.05) is 13.8 Å². The lowest BCUT2D eigenvalue weighted by Crippen LogP contribution is -2.43. The van der Waals surface area contributed by atoms with Gasteiger partial charge in [0.2, 0.25) is 0 Å². The normalized spacial score (nSPS) is 13.8. The Labute approximate surface area is 191 Å². The van der Waals surface area contributed by atoms with Crippen LogP contribution in [0.1, 0.15) is 82.1 Å². The van der Waals surface area contributed by atoms with Crippen molar-refractivity contribution in [1.29, 1.82) is 0 Å². The van der Waals surface area contributed by atoms with E-state index >= 15 is 0 Å². The van der Waals surface area contributed by atoms with Gasteiger partial charge in [0.15, 0.2) is 19.9 Å². The number of hydrogen-bond acceptors (Lipinski definition) is 7. The molecule has 1 unspecified atom stereocenters. The molecule has 0 radical (unpaired) electrons. The fraction of sp³-hybridized carbons (Fsp3) is 0.955. The lowest BCUT2D eigenvalue weighted by molar-refractivity contribution is -0.128. The van der Waals surface area contributed by atoms with Gasteiger partial charge in [0.05, 0.1) is 19.0 Å². The van der Waals surface area contributed by atoms with Gasteiger partial charge in [0.1, 0.15) is 0 Å². The third kappa shape index (κ3) is 11.8. The third-order valence-corrected chi connectivity index (χ3v) is 8.31. The summed E-state index contributed by atoms with van der Waals surface area (Å²) in [5.41, 5.74) is 0. The van der Waals surface area contributed by atoms with Crippen molar-refractivity contribution in [1.82, 2.24) is 9.34 Å². The van der Waals surface area contributed by atoms with Crippen molar-refractivity contribution in [3.05, 3.63) is 0 Å². The van der Waals surface area contributed by atoms with Gasteiger partial charge in [-0.1, -0.05) is 18.7 Å². The van der Waals surface area contributed by atoms with E-state index in [2.05, 4.69) is 64.7 Å². The Bertz CT molecular complexity index is 417. The first-order chi connectivity index (χ1) is 14.1. The van der Waals surface area contributed by atoms with Crippen LogP contribution < -0.4 is 0 Å².